The average molecular weight is 239 g/mol. The quantitative estimate of drug-likeness (QED) is 0.763. The van der Waals surface area contributed by atoms with Gasteiger partial charge in [0.2, 0.25) is 0 Å². The minimum absolute atomic E-state index is 0.664. The van der Waals surface area contributed by atoms with Gasteiger partial charge in [-0.3, -0.25) is 10.8 Å². The van der Waals surface area contributed by atoms with Gasteiger partial charge in [0.15, 0.2) is 5.96 Å². The van der Waals surface area contributed by atoms with E-state index in [0.717, 1.165) is 45.0 Å². The lowest BCUT2D eigenvalue weighted by atomic mass is 10.4. The third kappa shape index (κ3) is 3.61. The molecule has 0 aliphatic carbocycles. The summed E-state index contributed by atoms with van der Waals surface area (Å²) in [5.74, 6) is 1.49. The van der Waals surface area contributed by atoms with Crippen molar-refractivity contribution in [1.29, 1.82) is 10.8 Å². The van der Waals surface area contributed by atoms with Crippen LogP contribution in [-0.4, -0.2) is 66.3 Å². The van der Waals surface area contributed by atoms with Gasteiger partial charge in [0.05, 0.1) is 5.84 Å². The number of nitrogens with one attached hydrogen (secondary N) is 2. The summed E-state index contributed by atoms with van der Waals surface area (Å²) in [4.78, 5) is 6.13. The topological polar surface area (TPSA) is 57.4 Å². The Morgan fingerprint density at radius 3 is 1.88 bits per heavy atom. The molecule has 0 unspecified atom stereocenters. The Morgan fingerprint density at radius 2 is 1.65 bits per heavy atom. The van der Waals surface area contributed by atoms with Crippen molar-refractivity contribution in [3.63, 3.8) is 0 Å². The number of likely N-dealkylation sites (N-methyl/N-ethyl adjacent to an activating group) is 2. The molecule has 17 heavy (non-hydrogen) atoms. The average Bonchev–Trinajstić information content (AvgIpc) is 2.88. The van der Waals surface area contributed by atoms with Crippen molar-refractivity contribution in [2.24, 2.45) is 0 Å². The fraction of sp³-hybridized carbons (Fsp3) is 0.833. The molecule has 2 N–H and O–H groups in total. The summed E-state index contributed by atoms with van der Waals surface area (Å²) < 4.78 is 0. The van der Waals surface area contributed by atoms with E-state index >= 15 is 0 Å². The summed E-state index contributed by atoms with van der Waals surface area (Å²) in [5.41, 5.74) is 0. The van der Waals surface area contributed by atoms with Crippen LogP contribution in [0.4, 0.5) is 0 Å². The molecule has 0 saturated carbocycles. The van der Waals surface area contributed by atoms with Crippen molar-refractivity contribution in [3.8, 4) is 0 Å². The van der Waals surface area contributed by atoms with E-state index in [1.165, 1.54) is 6.42 Å². The molecule has 0 amide bonds. The highest BCUT2D eigenvalue weighted by molar-refractivity contribution is 5.80. The molecule has 0 atom stereocenters. The van der Waals surface area contributed by atoms with E-state index in [2.05, 4.69) is 23.6 Å². The summed E-state index contributed by atoms with van der Waals surface area (Å²) in [6.07, 6.45) is 2.18. The monoisotopic (exact) mass is 239 g/mol. The smallest absolute Gasteiger partial charge is 0.193 e. The number of guanidine groups is 1. The van der Waals surface area contributed by atoms with Crippen LogP contribution in [0, 0.1) is 10.8 Å². The van der Waals surface area contributed by atoms with Crippen LogP contribution in [0.25, 0.3) is 0 Å². The molecule has 0 aromatic rings. The standard InChI is InChI=1S/C6H13N3.C6H12N2/c1-3-9-5-4-8(2)6(9)7;1-2-8-5-3-4-6(8)7/h7H,3-5H2,1-2H3;7H,2-5H2,1H3. The van der Waals surface area contributed by atoms with E-state index in [1.807, 2.05) is 11.9 Å². The SMILES string of the molecule is CCN1CCCC1=N.CCN1CCN(C)C1=N. The van der Waals surface area contributed by atoms with E-state index in [4.69, 9.17) is 10.8 Å². The predicted molar refractivity (Wildman–Crippen MR) is 71.8 cm³/mol. The minimum atomic E-state index is 0.664. The largest absolute Gasteiger partial charge is 0.361 e. The second-order valence-corrected chi connectivity index (χ2v) is 4.45. The molecule has 5 nitrogen and oxygen atoms in total. The van der Waals surface area contributed by atoms with Crippen LogP contribution in [0.15, 0.2) is 0 Å². The molecule has 2 saturated heterocycles. The molecule has 2 aliphatic heterocycles. The van der Waals surface area contributed by atoms with E-state index < -0.39 is 0 Å². The number of nitrogens with zero attached hydrogens (tertiary/aromatic N) is 3. The maximum atomic E-state index is 7.46. The third-order valence-electron chi connectivity index (χ3n) is 3.35. The molecule has 0 spiro atoms. The Balaban J connectivity index is 0.000000171. The maximum absolute atomic E-state index is 7.46. The first-order valence-electron chi connectivity index (χ1n) is 6.47. The van der Waals surface area contributed by atoms with Gasteiger partial charge in [0, 0.05) is 46.2 Å². The summed E-state index contributed by atoms with van der Waals surface area (Å²) in [6, 6.07) is 0. The molecule has 2 fully saturated rings. The highest BCUT2D eigenvalue weighted by Crippen LogP contribution is 2.07. The Kier molecular flexibility index (Phi) is 5.25. The zero-order chi connectivity index (χ0) is 12.8. The van der Waals surface area contributed by atoms with E-state index in [9.17, 15) is 0 Å². The summed E-state index contributed by atoms with van der Waals surface area (Å²) in [6.45, 7) is 9.28. The fourth-order valence-electron chi connectivity index (χ4n) is 2.11. The highest BCUT2D eigenvalue weighted by Gasteiger charge is 2.19. The van der Waals surface area contributed by atoms with Crippen molar-refractivity contribution in [2.75, 3.05) is 39.8 Å². The number of hydrogen-bond donors (Lipinski definition) is 2. The van der Waals surface area contributed by atoms with Gasteiger partial charge in [-0.2, -0.15) is 0 Å². The fourth-order valence-corrected chi connectivity index (χ4v) is 2.11. The van der Waals surface area contributed by atoms with Crippen LogP contribution in [0.5, 0.6) is 0 Å². The van der Waals surface area contributed by atoms with Gasteiger partial charge in [0.1, 0.15) is 0 Å². The van der Waals surface area contributed by atoms with Crippen LogP contribution < -0.4 is 0 Å². The van der Waals surface area contributed by atoms with Crippen LogP contribution >= 0.6 is 0 Å². The van der Waals surface area contributed by atoms with Crippen molar-refractivity contribution < 1.29 is 0 Å². The Labute approximate surface area is 104 Å². The highest BCUT2D eigenvalue weighted by atomic mass is 15.4. The zero-order valence-electron chi connectivity index (χ0n) is 11.3. The minimum Gasteiger partial charge on any atom is -0.361 e. The Morgan fingerprint density at radius 1 is 1.00 bits per heavy atom. The van der Waals surface area contributed by atoms with Crippen LogP contribution in [0.2, 0.25) is 0 Å². The maximum Gasteiger partial charge on any atom is 0.193 e. The Bertz CT molecular complexity index is 276. The van der Waals surface area contributed by atoms with E-state index in [-0.39, 0.29) is 0 Å². The summed E-state index contributed by atoms with van der Waals surface area (Å²) in [7, 11) is 1.96. The molecule has 2 aliphatic rings. The van der Waals surface area contributed by atoms with Crippen molar-refractivity contribution in [3.05, 3.63) is 0 Å². The lowest BCUT2D eigenvalue weighted by Gasteiger charge is -2.15. The van der Waals surface area contributed by atoms with Crippen molar-refractivity contribution in [1.82, 2.24) is 14.7 Å². The molecule has 98 valence electrons. The normalized spacial score (nSPS) is 19.8. The van der Waals surface area contributed by atoms with Gasteiger partial charge >= 0.3 is 0 Å². The molecule has 2 rings (SSSR count). The van der Waals surface area contributed by atoms with Gasteiger partial charge in [-0.05, 0) is 20.3 Å². The van der Waals surface area contributed by atoms with Crippen LogP contribution in [0.3, 0.4) is 0 Å². The van der Waals surface area contributed by atoms with Crippen LogP contribution in [0.1, 0.15) is 26.7 Å². The van der Waals surface area contributed by atoms with Crippen molar-refractivity contribution in [2.45, 2.75) is 26.7 Å². The molecule has 0 aromatic carbocycles. The molecule has 0 radical (unpaired) electrons. The van der Waals surface area contributed by atoms with Crippen LogP contribution in [-0.2, 0) is 0 Å². The van der Waals surface area contributed by atoms with Gasteiger partial charge in [0.25, 0.3) is 0 Å². The first-order chi connectivity index (χ1) is 8.10. The molecular weight excluding hydrogens is 214 g/mol. The molecule has 5 heteroatoms. The van der Waals surface area contributed by atoms with Gasteiger partial charge in [-0.1, -0.05) is 0 Å². The number of rotatable bonds is 2. The lowest BCUT2D eigenvalue weighted by Crippen LogP contribution is -2.29. The predicted octanol–water partition coefficient (Wildman–Crippen LogP) is 1.27. The van der Waals surface area contributed by atoms with Gasteiger partial charge in [-0.15, -0.1) is 0 Å². The number of hydrogen-bond acceptors (Lipinski definition) is 2. The second-order valence-electron chi connectivity index (χ2n) is 4.45. The molecule has 0 bridgehead atoms. The lowest BCUT2D eigenvalue weighted by molar-refractivity contribution is 0.476. The molecule has 0 aromatic heterocycles. The van der Waals surface area contributed by atoms with E-state index in [1.54, 1.807) is 0 Å². The number of amidine groups is 1. The van der Waals surface area contributed by atoms with E-state index in [0.29, 0.717) is 5.96 Å². The number of likely N-dealkylation sites (tertiary alicyclic amines) is 1. The summed E-state index contributed by atoms with van der Waals surface area (Å²) in [5, 5.41) is 14.8. The second kappa shape index (κ2) is 6.47. The summed E-state index contributed by atoms with van der Waals surface area (Å²) >= 11 is 0. The first-order valence-corrected chi connectivity index (χ1v) is 6.47. The van der Waals surface area contributed by atoms with Gasteiger partial charge < -0.3 is 14.7 Å². The zero-order valence-corrected chi connectivity index (χ0v) is 11.3. The van der Waals surface area contributed by atoms with Gasteiger partial charge in [-0.25, -0.2) is 0 Å². The third-order valence-corrected chi connectivity index (χ3v) is 3.35. The Hall–Kier alpha value is -1.26. The molecular formula is C12H25N5. The van der Waals surface area contributed by atoms with Crippen molar-refractivity contribution >= 4 is 11.8 Å². The first kappa shape index (κ1) is 13.8. The molecule has 2 heterocycles.